The summed E-state index contributed by atoms with van der Waals surface area (Å²) in [6, 6.07) is 1.15. The van der Waals surface area contributed by atoms with Gasteiger partial charge in [0.25, 0.3) is 0 Å². The van der Waals surface area contributed by atoms with Gasteiger partial charge in [0.15, 0.2) is 0 Å². The second kappa shape index (κ2) is 8.10. The van der Waals surface area contributed by atoms with Crippen molar-refractivity contribution in [1.82, 2.24) is 9.55 Å². The second-order valence-electron chi connectivity index (χ2n) is 7.51. The van der Waals surface area contributed by atoms with E-state index in [4.69, 9.17) is 24.0 Å². The van der Waals surface area contributed by atoms with E-state index in [0.717, 1.165) is 12.3 Å². The minimum absolute atomic E-state index is 0.145. The van der Waals surface area contributed by atoms with E-state index >= 15 is 0 Å². The van der Waals surface area contributed by atoms with Gasteiger partial charge in [0, 0.05) is 0 Å². The van der Waals surface area contributed by atoms with Crippen LogP contribution in [0, 0.1) is 0 Å². The van der Waals surface area contributed by atoms with Crippen LogP contribution in [0.25, 0.3) is 0 Å². The normalized spacial score (nSPS) is 26.0. The van der Waals surface area contributed by atoms with Crippen LogP contribution >= 0.6 is 7.51 Å². The van der Waals surface area contributed by atoms with E-state index in [9.17, 15) is 23.6 Å². The van der Waals surface area contributed by atoms with E-state index in [2.05, 4.69) is 4.98 Å². The number of hydrogen-bond donors (Lipinski definition) is 3. The summed E-state index contributed by atoms with van der Waals surface area (Å²) in [6.07, 6.45) is -6.04. The Morgan fingerprint density at radius 3 is 2.38 bits per heavy atom. The molecule has 0 aromatic carbocycles. The van der Waals surface area contributed by atoms with Gasteiger partial charge in [-0.05, 0) is 0 Å². The van der Waals surface area contributed by atoms with Gasteiger partial charge in [0.2, 0.25) is 0 Å². The number of nitrogens with zero attached hydrogens (tertiary/aromatic N) is 2. The first-order valence-corrected chi connectivity index (χ1v) is 11.4. The number of nitrogen functional groups attached to an aromatic ring is 1. The van der Waals surface area contributed by atoms with Gasteiger partial charge in [0.05, 0.1) is 0 Å². The molecule has 10 nitrogen and oxygen atoms in total. The molecule has 3 atom stereocenters. The van der Waals surface area contributed by atoms with Crippen molar-refractivity contribution in [2.75, 3.05) is 19.0 Å². The Bertz CT molecular complexity index is 776. The molecular formula is C16H28F2N3O7P. The van der Waals surface area contributed by atoms with Gasteiger partial charge in [0.1, 0.15) is 0 Å². The minimum atomic E-state index is -4.66. The van der Waals surface area contributed by atoms with Crippen LogP contribution in [0.4, 0.5) is 14.6 Å². The first-order valence-electron chi connectivity index (χ1n) is 8.99. The summed E-state index contributed by atoms with van der Waals surface area (Å²) in [5.74, 6) is -3.99. The van der Waals surface area contributed by atoms with Crippen molar-refractivity contribution in [2.24, 2.45) is 0 Å². The Morgan fingerprint density at radius 2 is 1.90 bits per heavy atom. The summed E-state index contributed by atoms with van der Waals surface area (Å²) in [6.45, 7) is 7.09. The van der Waals surface area contributed by atoms with E-state index in [1.807, 2.05) is 0 Å². The van der Waals surface area contributed by atoms with Gasteiger partial charge >= 0.3 is 166 Å². The SMILES string of the molecule is CC(C)OP(C)(O)(OC[C@H]1O[C@@H](n2ccc(N)nc2=O)C(F)(F)[C@@H]1O)OC(C)C. The van der Waals surface area contributed by atoms with Gasteiger partial charge in [-0.3, -0.25) is 0 Å². The van der Waals surface area contributed by atoms with Crippen molar-refractivity contribution in [3.63, 3.8) is 0 Å². The van der Waals surface area contributed by atoms with E-state index in [1.165, 1.54) is 6.66 Å². The first-order chi connectivity index (χ1) is 13.1. The van der Waals surface area contributed by atoms with Gasteiger partial charge in [-0.15, -0.1) is 0 Å². The molecule has 4 N–H and O–H groups in total. The molecular weight excluding hydrogens is 415 g/mol. The molecule has 0 aliphatic carbocycles. The van der Waals surface area contributed by atoms with Crippen molar-refractivity contribution in [3.8, 4) is 0 Å². The number of aromatic nitrogens is 2. The molecule has 0 amide bonds. The molecule has 1 aromatic heterocycles. The quantitative estimate of drug-likeness (QED) is 0.509. The molecule has 1 aliphatic rings. The maximum absolute atomic E-state index is 14.6. The van der Waals surface area contributed by atoms with E-state index in [0.29, 0.717) is 4.57 Å². The summed E-state index contributed by atoms with van der Waals surface area (Å²) >= 11 is 0. The predicted octanol–water partition coefficient (Wildman–Crippen LogP) is 1.42. The Labute approximate surface area is 166 Å². The molecule has 2 heterocycles. The molecule has 2 rings (SSSR count). The fourth-order valence-electron chi connectivity index (χ4n) is 2.99. The molecule has 0 bridgehead atoms. The van der Waals surface area contributed by atoms with Crippen LogP contribution in [-0.2, 0) is 18.3 Å². The molecule has 0 unspecified atom stereocenters. The Balaban J connectivity index is 2.24. The van der Waals surface area contributed by atoms with E-state index in [1.54, 1.807) is 27.7 Å². The predicted molar refractivity (Wildman–Crippen MR) is 101 cm³/mol. The number of nitrogens with two attached hydrogens (primary N) is 1. The van der Waals surface area contributed by atoms with Crippen LogP contribution in [0.5, 0.6) is 0 Å². The summed E-state index contributed by atoms with van der Waals surface area (Å²) in [7, 11) is -4.66. The maximum atomic E-state index is 14.6. The zero-order valence-electron chi connectivity index (χ0n) is 16.9. The van der Waals surface area contributed by atoms with E-state index in [-0.39, 0.29) is 5.82 Å². The van der Waals surface area contributed by atoms with Crippen LogP contribution in [-0.4, -0.2) is 63.2 Å². The number of alkyl halides is 2. The molecule has 0 spiro atoms. The topological polar surface area (TPSA) is 138 Å². The van der Waals surface area contributed by atoms with Crippen molar-refractivity contribution in [3.05, 3.63) is 22.7 Å². The Kier molecular flexibility index (Phi) is 6.71. The number of aliphatic hydroxyl groups is 1. The molecule has 0 radical (unpaired) electrons. The molecule has 29 heavy (non-hydrogen) atoms. The fourth-order valence-corrected chi connectivity index (χ4v) is 5.56. The molecule has 0 saturated carbocycles. The van der Waals surface area contributed by atoms with Crippen molar-refractivity contribution >= 4 is 13.3 Å². The molecule has 1 saturated heterocycles. The standard InChI is InChI=1S/C16H28F2N3O7P/c1-9(2)27-29(5,24,28-10(3)4)25-8-11-13(22)16(17,18)14(26-11)21-7-6-12(19)20-15(21)23/h6-7,9-11,13-14,22,24H,8H2,1-5H3,(H2,19,20,23)/t11-,13-,14-/m1/s1. The summed E-state index contributed by atoms with van der Waals surface area (Å²) in [5.41, 5.74) is 4.30. The molecule has 1 aromatic rings. The van der Waals surface area contributed by atoms with E-state index < -0.39 is 56.4 Å². The van der Waals surface area contributed by atoms with Crippen molar-refractivity contribution in [2.45, 2.75) is 64.3 Å². The molecule has 1 aliphatic heterocycles. The van der Waals surface area contributed by atoms with Gasteiger partial charge in [-0.1, -0.05) is 0 Å². The number of hydrogen-bond acceptors (Lipinski definition) is 9. The monoisotopic (exact) mass is 443 g/mol. The molecule has 168 valence electrons. The van der Waals surface area contributed by atoms with Gasteiger partial charge in [-0.25, -0.2) is 0 Å². The van der Waals surface area contributed by atoms with Crippen LogP contribution < -0.4 is 11.4 Å². The average Bonchev–Trinajstić information content (AvgIpc) is 2.74. The first kappa shape index (κ1) is 24.0. The Hall–Kier alpha value is -1.27. The number of aliphatic hydroxyl groups excluding tert-OH is 1. The third-order valence-electron chi connectivity index (χ3n) is 3.91. The van der Waals surface area contributed by atoms with Crippen LogP contribution in [0.15, 0.2) is 17.1 Å². The zero-order chi connectivity index (χ0) is 22.2. The summed E-state index contributed by atoms with van der Waals surface area (Å²) in [5, 5.41) is 10.1. The zero-order valence-corrected chi connectivity index (χ0v) is 17.8. The third-order valence-corrected chi connectivity index (χ3v) is 6.44. The number of ether oxygens (including phenoxy) is 1. The van der Waals surface area contributed by atoms with Crippen LogP contribution in [0.1, 0.15) is 33.9 Å². The number of anilines is 1. The van der Waals surface area contributed by atoms with Crippen LogP contribution in [0.2, 0.25) is 0 Å². The van der Waals surface area contributed by atoms with Crippen molar-refractivity contribution < 1.29 is 37.1 Å². The second-order valence-corrected chi connectivity index (χ2v) is 10.6. The van der Waals surface area contributed by atoms with Gasteiger partial charge < -0.3 is 0 Å². The summed E-state index contributed by atoms with van der Waals surface area (Å²) < 4.78 is 51.3. The summed E-state index contributed by atoms with van der Waals surface area (Å²) in [4.78, 5) is 26.2. The molecule has 1 fully saturated rings. The van der Waals surface area contributed by atoms with Crippen LogP contribution in [0.3, 0.4) is 0 Å². The van der Waals surface area contributed by atoms with Crippen molar-refractivity contribution in [1.29, 1.82) is 0 Å². The van der Waals surface area contributed by atoms with Gasteiger partial charge in [-0.2, -0.15) is 0 Å². The fraction of sp³-hybridized carbons (Fsp3) is 0.750. The Morgan fingerprint density at radius 1 is 1.34 bits per heavy atom. The number of halogens is 2. The molecule has 13 heteroatoms. The average molecular weight is 443 g/mol. The third kappa shape index (κ3) is 5.46. The number of rotatable bonds is 8.